The zero-order chi connectivity index (χ0) is 11.8. The van der Waals surface area contributed by atoms with Gasteiger partial charge in [-0.2, -0.15) is 0 Å². The van der Waals surface area contributed by atoms with E-state index in [9.17, 15) is 13.2 Å². The molecule has 5 heteroatoms. The number of aryl methyl sites for hydroxylation is 1. The molecule has 0 spiro atoms. The van der Waals surface area contributed by atoms with Gasteiger partial charge in [0.25, 0.3) is 0 Å². The lowest BCUT2D eigenvalue weighted by Crippen LogP contribution is -2.06. The average Bonchev–Trinajstić information content (AvgIpc) is 2.19. The van der Waals surface area contributed by atoms with Gasteiger partial charge in [-0.15, -0.1) is 0 Å². The van der Waals surface area contributed by atoms with Gasteiger partial charge in [-0.25, -0.2) is 8.42 Å². The molecule has 1 amide bonds. The highest BCUT2D eigenvalue weighted by Gasteiger charge is 1.90. The van der Waals surface area contributed by atoms with Gasteiger partial charge in [-0.3, -0.25) is 4.79 Å². The monoisotopic (exact) mass is 229 g/mol. The van der Waals surface area contributed by atoms with E-state index >= 15 is 0 Å². The van der Waals surface area contributed by atoms with Crippen LogP contribution in [0.3, 0.4) is 0 Å². The van der Waals surface area contributed by atoms with E-state index < -0.39 is 10.7 Å². The molecule has 1 rings (SSSR count). The second-order valence-corrected chi connectivity index (χ2v) is 4.19. The lowest BCUT2D eigenvalue weighted by molar-refractivity contribution is -0.115. The van der Waals surface area contributed by atoms with E-state index in [0.717, 1.165) is 12.0 Å². The molecule has 0 aliphatic carbocycles. The lowest BCUT2D eigenvalue weighted by Gasteiger charge is -1.93. The van der Waals surface area contributed by atoms with Crippen LogP contribution < -0.4 is 0 Å². The van der Waals surface area contributed by atoms with Crippen LogP contribution in [0.25, 0.3) is 0 Å². The molecular formula is C10H15NO3S. The minimum absolute atomic E-state index is 0.376. The topological polar surface area (TPSA) is 54.5 Å². The number of nitrogens with zero attached hydrogens (tertiary/aromatic N) is 1. The number of carbonyl (C=O) groups excluding carboxylic acids is 1. The van der Waals surface area contributed by atoms with Gasteiger partial charge >= 0.3 is 0 Å². The Kier molecular flexibility index (Phi) is 6.37. The van der Waals surface area contributed by atoms with Crippen molar-refractivity contribution < 1.29 is 13.2 Å². The number of carbonyl (C=O) groups is 1. The van der Waals surface area contributed by atoms with Crippen LogP contribution in [-0.4, -0.2) is 33.8 Å². The fourth-order valence-corrected chi connectivity index (χ4v) is 1.06. The highest BCUT2D eigenvalue weighted by atomic mass is 32.2. The van der Waals surface area contributed by atoms with Crippen LogP contribution in [-0.2, 0) is 15.5 Å². The Hall–Kier alpha value is -1.36. The fourth-order valence-electron chi connectivity index (χ4n) is 0.666. The summed E-state index contributed by atoms with van der Waals surface area (Å²) >= 11 is 0. The highest BCUT2D eigenvalue weighted by molar-refractivity contribution is 7.72. The Balaban J connectivity index is 0.000000336. The maximum atomic E-state index is 10.3. The summed E-state index contributed by atoms with van der Waals surface area (Å²) in [6.07, 6.45) is 0.750. The van der Waals surface area contributed by atoms with E-state index in [-0.39, 0.29) is 0 Å². The van der Waals surface area contributed by atoms with Crippen molar-refractivity contribution in [1.82, 2.24) is 4.90 Å². The molecular weight excluding hydrogens is 214 g/mol. The van der Waals surface area contributed by atoms with Crippen molar-refractivity contribution in [1.29, 1.82) is 0 Å². The molecule has 0 aliphatic heterocycles. The van der Waals surface area contributed by atoms with Crippen molar-refractivity contribution in [3.05, 3.63) is 29.8 Å². The Labute approximate surface area is 91.5 Å². The molecule has 0 atom stereocenters. The van der Waals surface area contributed by atoms with Gasteiger partial charge in [0.15, 0.2) is 10.7 Å². The maximum Gasteiger partial charge on any atom is 0.209 e. The molecule has 0 fully saturated rings. The number of hydrogen-bond donors (Lipinski definition) is 1. The van der Waals surface area contributed by atoms with Crippen LogP contribution in [0, 0.1) is 6.92 Å². The van der Waals surface area contributed by atoms with E-state index in [4.69, 9.17) is 0 Å². The molecule has 0 aromatic heterocycles. The maximum absolute atomic E-state index is 10.3. The smallest absolute Gasteiger partial charge is 0.209 e. The molecule has 15 heavy (non-hydrogen) atoms. The van der Waals surface area contributed by atoms with Crippen LogP contribution in [0.1, 0.15) is 5.56 Å². The van der Waals surface area contributed by atoms with Crippen molar-refractivity contribution in [3.8, 4) is 0 Å². The first-order valence-corrected chi connectivity index (χ1v) is 5.48. The summed E-state index contributed by atoms with van der Waals surface area (Å²) < 4.78 is 20.7. The number of benzene rings is 1. The molecule has 0 radical (unpaired) electrons. The largest absolute Gasteiger partial charge is 0.351 e. The third-order valence-electron chi connectivity index (χ3n) is 1.46. The third kappa shape index (κ3) is 6.68. The van der Waals surface area contributed by atoms with Crippen molar-refractivity contribution >= 4 is 17.1 Å². The Morgan fingerprint density at radius 3 is 1.80 bits per heavy atom. The molecule has 1 aromatic carbocycles. The molecule has 1 aromatic rings. The van der Waals surface area contributed by atoms with E-state index in [1.165, 1.54) is 4.90 Å². The Morgan fingerprint density at radius 1 is 1.13 bits per heavy atom. The van der Waals surface area contributed by atoms with Gasteiger partial charge in [-0.05, 0) is 19.1 Å². The zero-order valence-electron chi connectivity index (χ0n) is 9.01. The third-order valence-corrected chi connectivity index (χ3v) is 2.18. The van der Waals surface area contributed by atoms with Crippen LogP contribution in [0.2, 0.25) is 0 Å². The van der Waals surface area contributed by atoms with Crippen molar-refractivity contribution in [3.63, 3.8) is 0 Å². The number of rotatable bonds is 2. The number of hydrogen-bond acceptors (Lipinski definition) is 3. The van der Waals surface area contributed by atoms with Gasteiger partial charge in [0, 0.05) is 14.1 Å². The summed E-state index contributed by atoms with van der Waals surface area (Å²) in [6, 6.07) is 6.75. The van der Waals surface area contributed by atoms with E-state index in [1.54, 1.807) is 38.4 Å². The molecule has 0 saturated carbocycles. The first-order chi connectivity index (χ1) is 6.97. The van der Waals surface area contributed by atoms with Gasteiger partial charge in [0.2, 0.25) is 6.41 Å². The quantitative estimate of drug-likeness (QED) is 0.599. The average molecular weight is 229 g/mol. The predicted molar refractivity (Wildman–Crippen MR) is 59.5 cm³/mol. The number of thiol groups is 1. The summed E-state index contributed by atoms with van der Waals surface area (Å²) in [6.45, 7) is 1.92. The van der Waals surface area contributed by atoms with Gasteiger partial charge in [0.1, 0.15) is 0 Å². The molecule has 0 bridgehead atoms. The minimum atomic E-state index is -2.41. The van der Waals surface area contributed by atoms with Gasteiger partial charge in [-0.1, -0.05) is 17.7 Å². The lowest BCUT2D eigenvalue weighted by atomic mass is 10.2. The van der Waals surface area contributed by atoms with Gasteiger partial charge in [0.05, 0.1) is 4.90 Å². The van der Waals surface area contributed by atoms with Crippen molar-refractivity contribution in [2.24, 2.45) is 0 Å². The Bertz CT molecular complexity index is 361. The summed E-state index contributed by atoms with van der Waals surface area (Å²) in [5, 5.41) is 0. The first kappa shape index (κ1) is 13.6. The van der Waals surface area contributed by atoms with E-state index in [1.807, 2.05) is 6.92 Å². The van der Waals surface area contributed by atoms with Gasteiger partial charge < -0.3 is 4.90 Å². The SMILES string of the molecule is CN(C)C=O.Cc1ccc([SH](=O)=O)cc1. The summed E-state index contributed by atoms with van der Waals surface area (Å²) in [5.41, 5.74) is 1.07. The van der Waals surface area contributed by atoms with E-state index in [2.05, 4.69) is 0 Å². The minimum Gasteiger partial charge on any atom is -0.351 e. The predicted octanol–water partition coefficient (Wildman–Crippen LogP) is 0.670. The molecule has 4 nitrogen and oxygen atoms in total. The molecule has 0 heterocycles. The summed E-state index contributed by atoms with van der Waals surface area (Å²) in [4.78, 5) is 11.3. The van der Waals surface area contributed by atoms with Crippen LogP contribution in [0.4, 0.5) is 0 Å². The second kappa shape index (κ2) is 7.00. The van der Waals surface area contributed by atoms with Crippen molar-refractivity contribution in [2.75, 3.05) is 14.1 Å². The van der Waals surface area contributed by atoms with Crippen LogP contribution in [0.15, 0.2) is 29.2 Å². The van der Waals surface area contributed by atoms with Crippen molar-refractivity contribution in [2.45, 2.75) is 11.8 Å². The fraction of sp³-hybridized carbons (Fsp3) is 0.300. The summed E-state index contributed by atoms with van der Waals surface area (Å²) in [5.74, 6) is 0. The molecule has 0 aliphatic rings. The molecule has 0 N–H and O–H groups in total. The Morgan fingerprint density at radius 2 is 1.53 bits per heavy atom. The first-order valence-electron chi connectivity index (χ1n) is 4.30. The molecule has 0 unspecified atom stereocenters. The second-order valence-electron chi connectivity index (χ2n) is 3.16. The zero-order valence-corrected chi connectivity index (χ0v) is 9.90. The van der Waals surface area contributed by atoms with Crippen LogP contribution >= 0.6 is 0 Å². The standard InChI is InChI=1S/C7H8O2S.C3H7NO/c1-6-2-4-7(5-3-6)10(8)9;1-4(2)3-5/h2-5,10H,1H3;3H,1-2H3. The summed E-state index contributed by atoms with van der Waals surface area (Å²) in [7, 11) is 0.967. The highest BCUT2D eigenvalue weighted by Crippen LogP contribution is 2.02. The van der Waals surface area contributed by atoms with E-state index in [0.29, 0.717) is 4.90 Å². The molecule has 0 saturated heterocycles. The molecule has 84 valence electrons. The van der Waals surface area contributed by atoms with Crippen LogP contribution in [0.5, 0.6) is 0 Å². The number of amides is 1. The normalized spacial score (nSPS) is 9.07.